The van der Waals surface area contributed by atoms with Crippen LogP contribution in [0.25, 0.3) is 0 Å². The van der Waals surface area contributed by atoms with Crippen LogP contribution in [-0.4, -0.2) is 30.2 Å². The Labute approximate surface area is 168 Å². The normalized spacial score (nSPS) is 18.6. The van der Waals surface area contributed by atoms with Gasteiger partial charge in [0, 0.05) is 5.41 Å². The Morgan fingerprint density at radius 3 is 2.29 bits per heavy atom. The number of ether oxygens (including phenoxy) is 3. The fourth-order valence-electron chi connectivity index (χ4n) is 3.95. The van der Waals surface area contributed by atoms with E-state index in [9.17, 15) is 5.11 Å². The molecule has 0 aliphatic carbocycles. The average molecular weight is 385 g/mol. The van der Waals surface area contributed by atoms with Crippen molar-refractivity contribution in [3.8, 4) is 5.75 Å². The molecule has 152 valence electrons. The SMILES string of the molecule is CCC(C)(CC(C)(C)C1OCCO1)Oc1cccc(C(O)c2ccccc2)c1. The number of rotatable bonds is 8. The van der Waals surface area contributed by atoms with Crippen LogP contribution in [0.5, 0.6) is 5.75 Å². The van der Waals surface area contributed by atoms with Crippen molar-refractivity contribution in [2.45, 2.75) is 58.5 Å². The summed E-state index contributed by atoms with van der Waals surface area (Å²) < 4.78 is 17.9. The first kappa shape index (κ1) is 20.8. The second-order valence-electron chi connectivity index (χ2n) is 8.53. The van der Waals surface area contributed by atoms with Crippen molar-refractivity contribution in [3.05, 3.63) is 65.7 Å². The summed E-state index contributed by atoms with van der Waals surface area (Å²) in [6.45, 7) is 9.89. The lowest BCUT2D eigenvalue weighted by atomic mass is 9.79. The van der Waals surface area contributed by atoms with E-state index in [4.69, 9.17) is 14.2 Å². The largest absolute Gasteiger partial charge is 0.488 e. The minimum atomic E-state index is -0.672. The van der Waals surface area contributed by atoms with E-state index in [1.165, 1.54) is 0 Å². The summed E-state index contributed by atoms with van der Waals surface area (Å²) >= 11 is 0. The molecule has 2 aromatic carbocycles. The van der Waals surface area contributed by atoms with Gasteiger partial charge in [-0.15, -0.1) is 0 Å². The Hall–Kier alpha value is -1.88. The molecule has 1 saturated heterocycles. The molecule has 28 heavy (non-hydrogen) atoms. The predicted octanol–water partition coefficient (Wildman–Crippen LogP) is 5.11. The molecule has 1 N–H and O–H groups in total. The van der Waals surface area contributed by atoms with Crippen LogP contribution >= 0.6 is 0 Å². The maximum absolute atomic E-state index is 10.7. The number of benzene rings is 2. The molecule has 4 heteroatoms. The van der Waals surface area contributed by atoms with Crippen molar-refractivity contribution < 1.29 is 19.3 Å². The van der Waals surface area contributed by atoms with Gasteiger partial charge >= 0.3 is 0 Å². The van der Waals surface area contributed by atoms with E-state index in [1.54, 1.807) is 0 Å². The predicted molar refractivity (Wildman–Crippen MR) is 110 cm³/mol. The zero-order valence-corrected chi connectivity index (χ0v) is 17.4. The first-order valence-corrected chi connectivity index (χ1v) is 10.1. The van der Waals surface area contributed by atoms with E-state index in [1.807, 2.05) is 54.6 Å². The van der Waals surface area contributed by atoms with Crippen LogP contribution < -0.4 is 4.74 Å². The summed E-state index contributed by atoms with van der Waals surface area (Å²) in [5.74, 6) is 0.765. The molecule has 1 aliphatic rings. The van der Waals surface area contributed by atoms with Crippen molar-refractivity contribution in [3.63, 3.8) is 0 Å². The third-order valence-corrected chi connectivity index (χ3v) is 5.49. The van der Waals surface area contributed by atoms with Crippen LogP contribution in [0, 0.1) is 5.41 Å². The van der Waals surface area contributed by atoms with Crippen LogP contribution in [0.1, 0.15) is 57.8 Å². The highest BCUT2D eigenvalue weighted by atomic mass is 16.7. The summed E-state index contributed by atoms with van der Waals surface area (Å²) in [5.41, 5.74) is 1.16. The lowest BCUT2D eigenvalue weighted by molar-refractivity contribution is -0.140. The van der Waals surface area contributed by atoms with E-state index in [0.29, 0.717) is 13.2 Å². The van der Waals surface area contributed by atoms with Gasteiger partial charge in [-0.3, -0.25) is 0 Å². The quantitative estimate of drug-likeness (QED) is 0.687. The molecule has 1 aliphatic heterocycles. The van der Waals surface area contributed by atoms with Crippen LogP contribution in [0.2, 0.25) is 0 Å². The van der Waals surface area contributed by atoms with Crippen molar-refractivity contribution in [1.29, 1.82) is 0 Å². The number of aliphatic hydroxyl groups excluding tert-OH is 1. The highest BCUT2D eigenvalue weighted by molar-refractivity contribution is 5.35. The molecule has 0 radical (unpaired) electrons. The molecule has 2 aromatic rings. The fraction of sp³-hybridized carbons (Fsp3) is 0.500. The van der Waals surface area contributed by atoms with E-state index in [2.05, 4.69) is 27.7 Å². The maximum Gasteiger partial charge on any atom is 0.162 e. The van der Waals surface area contributed by atoms with Gasteiger partial charge < -0.3 is 19.3 Å². The molecule has 4 nitrogen and oxygen atoms in total. The topological polar surface area (TPSA) is 47.9 Å². The monoisotopic (exact) mass is 384 g/mol. The van der Waals surface area contributed by atoms with Gasteiger partial charge in [-0.25, -0.2) is 0 Å². The lowest BCUT2D eigenvalue weighted by Crippen LogP contribution is -2.42. The summed E-state index contributed by atoms with van der Waals surface area (Å²) in [6.07, 6.45) is 0.781. The van der Waals surface area contributed by atoms with E-state index < -0.39 is 6.10 Å². The first-order valence-electron chi connectivity index (χ1n) is 10.1. The van der Waals surface area contributed by atoms with Gasteiger partial charge in [-0.2, -0.15) is 0 Å². The second-order valence-corrected chi connectivity index (χ2v) is 8.53. The minimum absolute atomic E-state index is 0.164. The molecule has 1 fully saturated rings. The average Bonchev–Trinajstić information content (AvgIpc) is 3.24. The van der Waals surface area contributed by atoms with Crippen LogP contribution in [-0.2, 0) is 9.47 Å². The first-order chi connectivity index (χ1) is 13.3. The second kappa shape index (κ2) is 8.64. The Bertz CT molecular complexity index is 752. The Morgan fingerprint density at radius 2 is 1.64 bits per heavy atom. The van der Waals surface area contributed by atoms with Gasteiger partial charge in [-0.1, -0.05) is 63.2 Å². The molecule has 2 atom stereocenters. The van der Waals surface area contributed by atoms with Gasteiger partial charge in [0.2, 0.25) is 0 Å². The van der Waals surface area contributed by atoms with Gasteiger partial charge in [0.05, 0.1) is 13.2 Å². The minimum Gasteiger partial charge on any atom is -0.488 e. The zero-order chi connectivity index (χ0) is 20.2. The fourth-order valence-corrected chi connectivity index (χ4v) is 3.95. The Balaban J connectivity index is 1.75. The van der Waals surface area contributed by atoms with Gasteiger partial charge in [-0.05, 0) is 43.0 Å². The molecule has 0 saturated carbocycles. The third kappa shape index (κ3) is 4.93. The molecule has 0 amide bonds. The molecule has 0 spiro atoms. The van der Waals surface area contributed by atoms with E-state index in [0.717, 1.165) is 29.7 Å². The van der Waals surface area contributed by atoms with Crippen LogP contribution in [0.15, 0.2) is 54.6 Å². The summed E-state index contributed by atoms with van der Waals surface area (Å²) in [7, 11) is 0. The van der Waals surface area contributed by atoms with Crippen molar-refractivity contribution >= 4 is 0 Å². The van der Waals surface area contributed by atoms with E-state index in [-0.39, 0.29) is 17.3 Å². The Morgan fingerprint density at radius 1 is 1.00 bits per heavy atom. The highest BCUT2D eigenvalue weighted by Gasteiger charge is 2.41. The standard InChI is InChI=1S/C24H32O4/c1-5-24(4,17-23(2,3)22-26-14-15-27-22)28-20-13-9-12-19(16-20)21(25)18-10-7-6-8-11-18/h6-13,16,21-22,25H,5,14-15,17H2,1-4H3. The molecular weight excluding hydrogens is 352 g/mol. The molecule has 0 aromatic heterocycles. The Kier molecular flexibility index (Phi) is 6.43. The summed E-state index contributed by atoms with van der Waals surface area (Å²) in [5, 5.41) is 10.7. The lowest BCUT2D eigenvalue weighted by Gasteiger charge is -2.39. The van der Waals surface area contributed by atoms with Gasteiger partial charge in [0.15, 0.2) is 6.29 Å². The van der Waals surface area contributed by atoms with Crippen molar-refractivity contribution in [2.24, 2.45) is 5.41 Å². The molecule has 2 unspecified atom stereocenters. The van der Waals surface area contributed by atoms with Crippen LogP contribution in [0.3, 0.4) is 0 Å². The molecule has 0 bridgehead atoms. The van der Waals surface area contributed by atoms with Crippen molar-refractivity contribution in [1.82, 2.24) is 0 Å². The van der Waals surface area contributed by atoms with Crippen LogP contribution in [0.4, 0.5) is 0 Å². The van der Waals surface area contributed by atoms with Crippen molar-refractivity contribution in [2.75, 3.05) is 13.2 Å². The van der Waals surface area contributed by atoms with Gasteiger partial charge in [0.25, 0.3) is 0 Å². The number of hydrogen-bond donors (Lipinski definition) is 1. The number of hydrogen-bond acceptors (Lipinski definition) is 4. The van der Waals surface area contributed by atoms with Gasteiger partial charge in [0.1, 0.15) is 17.5 Å². The molecular formula is C24H32O4. The summed E-state index contributed by atoms with van der Waals surface area (Å²) in [6, 6.07) is 17.4. The smallest absolute Gasteiger partial charge is 0.162 e. The highest BCUT2D eigenvalue weighted by Crippen LogP contribution is 2.39. The van der Waals surface area contributed by atoms with E-state index >= 15 is 0 Å². The molecule has 3 rings (SSSR count). The maximum atomic E-state index is 10.7. The number of aliphatic hydroxyl groups is 1. The summed E-state index contributed by atoms with van der Waals surface area (Å²) in [4.78, 5) is 0. The zero-order valence-electron chi connectivity index (χ0n) is 17.4. The molecule has 1 heterocycles. The third-order valence-electron chi connectivity index (χ3n) is 5.49.